The highest BCUT2D eigenvalue weighted by Gasteiger charge is 2.15. The summed E-state index contributed by atoms with van der Waals surface area (Å²) >= 11 is 0. The summed E-state index contributed by atoms with van der Waals surface area (Å²) in [6.07, 6.45) is 0.830. The van der Waals surface area contributed by atoms with Crippen LogP contribution >= 0.6 is 0 Å². The number of hydrogen-bond donors (Lipinski definition) is 3. The summed E-state index contributed by atoms with van der Waals surface area (Å²) < 4.78 is 22.7. The van der Waals surface area contributed by atoms with Crippen LogP contribution in [0.15, 0.2) is 59.9 Å². The maximum absolute atomic E-state index is 13.0. The summed E-state index contributed by atoms with van der Waals surface area (Å²) in [5.41, 5.74) is 6.51. The number of rotatable bonds is 8. The van der Waals surface area contributed by atoms with Crippen molar-refractivity contribution in [3.63, 3.8) is 0 Å². The number of ketones is 1. The maximum Gasteiger partial charge on any atom is 0.343 e. The molecule has 0 saturated carbocycles. The van der Waals surface area contributed by atoms with Crippen molar-refractivity contribution in [2.45, 2.75) is 0 Å². The molecule has 0 bridgehead atoms. The number of Topliss-reactive ketones (excluding diaryl/α,β-unsaturated/α-hetero) is 1. The predicted octanol–water partition coefficient (Wildman–Crippen LogP) is 2.49. The Morgan fingerprint density at radius 3 is 2.56 bits per heavy atom. The van der Waals surface area contributed by atoms with E-state index in [0.29, 0.717) is 11.4 Å². The van der Waals surface area contributed by atoms with Gasteiger partial charge in [0, 0.05) is 17.5 Å². The lowest BCUT2D eigenvalue weighted by molar-refractivity contribution is -0.142. The van der Waals surface area contributed by atoms with Gasteiger partial charge < -0.3 is 25.9 Å². The molecule has 0 aliphatic carbocycles. The molecule has 0 aliphatic heterocycles. The number of benzene rings is 2. The van der Waals surface area contributed by atoms with Gasteiger partial charge in [-0.25, -0.2) is 9.18 Å². The van der Waals surface area contributed by atoms with E-state index in [9.17, 15) is 14.0 Å². The minimum Gasteiger partial charge on any atom is -0.482 e. The number of nitrogens with one attached hydrogen (secondary N) is 2. The van der Waals surface area contributed by atoms with Crippen LogP contribution in [0, 0.1) is 11.2 Å². The van der Waals surface area contributed by atoms with Gasteiger partial charge in [-0.15, -0.1) is 0 Å². The lowest BCUT2D eigenvalue weighted by Gasteiger charge is -2.11. The number of nitrogens with two attached hydrogens (primary N) is 1. The van der Waals surface area contributed by atoms with Gasteiger partial charge in [-0.1, -0.05) is 12.1 Å². The minimum absolute atomic E-state index is 0.0532. The number of anilines is 1. The van der Waals surface area contributed by atoms with Gasteiger partial charge in [0.2, 0.25) is 0 Å². The summed E-state index contributed by atoms with van der Waals surface area (Å²) in [6.45, 7) is -0.296. The molecular weight excluding hydrogens is 353 g/mol. The molecule has 4 N–H and O–H groups in total. The van der Waals surface area contributed by atoms with Crippen LogP contribution in [0.25, 0.3) is 0 Å². The first-order valence-electron chi connectivity index (χ1n) is 7.81. The van der Waals surface area contributed by atoms with Crippen molar-refractivity contribution in [3.05, 3.63) is 71.3 Å². The zero-order chi connectivity index (χ0) is 19.8. The molecule has 8 heteroatoms. The molecule has 0 atom stereocenters. The predicted molar refractivity (Wildman–Crippen MR) is 98.3 cm³/mol. The van der Waals surface area contributed by atoms with Crippen LogP contribution in [0.5, 0.6) is 5.75 Å². The summed E-state index contributed by atoms with van der Waals surface area (Å²) in [5, 5.41) is 10.3. The van der Waals surface area contributed by atoms with Gasteiger partial charge in [0.1, 0.15) is 17.4 Å². The van der Waals surface area contributed by atoms with Crippen molar-refractivity contribution in [1.29, 1.82) is 5.41 Å². The molecule has 0 fully saturated rings. The standard InChI is InChI=1S/C19H18FN3O4/c1-26-17(24)11-27-15-4-2-3-12(9-15)18(25)16(10-21)19(22)23-14-7-5-13(20)6-8-14/h2-10,21,23H,11,22H2,1H3/b19-16+,21-10?. The van der Waals surface area contributed by atoms with Crippen LogP contribution in [-0.4, -0.2) is 31.7 Å². The Morgan fingerprint density at radius 1 is 1.22 bits per heavy atom. The van der Waals surface area contributed by atoms with Crippen molar-refractivity contribution in [2.24, 2.45) is 5.73 Å². The third-order valence-electron chi connectivity index (χ3n) is 3.48. The van der Waals surface area contributed by atoms with Crippen LogP contribution in [0.1, 0.15) is 10.4 Å². The van der Waals surface area contributed by atoms with Crippen LogP contribution in [0.2, 0.25) is 0 Å². The minimum atomic E-state index is -0.556. The lowest BCUT2D eigenvalue weighted by Crippen LogP contribution is -2.19. The van der Waals surface area contributed by atoms with E-state index in [1.807, 2.05) is 0 Å². The first-order chi connectivity index (χ1) is 12.9. The Kier molecular flexibility index (Phi) is 6.65. The second kappa shape index (κ2) is 9.14. The van der Waals surface area contributed by atoms with Crippen molar-refractivity contribution >= 4 is 23.7 Å². The number of hydrogen-bond acceptors (Lipinski definition) is 7. The molecular formula is C19H18FN3O4. The second-order valence-corrected chi connectivity index (χ2v) is 5.33. The average molecular weight is 371 g/mol. The summed E-state index contributed by atoms with van der Waals surface area (Å²) in [5.74, 6) is -1.24. The molecule has 140 valence electrons. The maximum atomic E-state index is 13.0. The van der Waals surface area contributed by atoms with E-state index in [0.717, 1.165) is 6.21 Å². The average Bonchev–Trinajstić information content (AvgIpc) is 2.68. The Hall–Kier alpha value is -3.68. The van der Waals surface area contributed by atoms with Crippen molar-refractivity contribution in [2.75, 3.05) is 19.0 Å². The van der Waals surface area contributed by atoms with E-state index < -0.39 is 17.6 Å². The highest BCUT2D eigenvalue weighted by atomic mass is 19.1. The zero-order valence-corrected chi connectivity index (χ0v) is 14.5. The normalized spacial score (nSPS) is 11.2. The smallest absolute Gasteiger partial charge is 0.343 e. The van der Waals surface area contributed by atoms with Crippen LogP contribution < -0.4 is 15.8 Å². The molecule has 7 nitrogen and oxygen atoms in total. The molecule has 0 heterocycles. The Morgan fingerprint density at radius 2 is 1.93 bits per heavy atom. The molecule has 2 aromatic rings. The number of allylic oxidation sites excluding steroid dienone is 1. The molecule has 0 unspecified atom stereocenters. The van der Waals surface area contributed by atoms with Gasteiger partial charge in [0.05, 0.1) is 12.7 Å². The SMILES string of the molecule is COC(=O)COc1cccc(C(=O)/C(C=N)=C(\N)Nc2ccc(F)cc2)c1. The van der Waals surface area contributed by atoms with Crippen molar-refractivity contribution < 1.29 is 23.5 Å². The molecule has 0 saturated heterocycles. The Labute approximate surface area is 155 Å². The number of halogens is 1. The molecule has 0 aliphatic rings. The van der Waals surface area contributed by atoms with Gasteiger partial charge in [0.15, 0.2) is 12.4 Å². The summed E-state index contributed by atoms with van der Waals surface area (Å²) in [7, 11) is 1.24. The molecule has 0 amide bonds. The quantitative estimate of drug-likeness (QED) is 0.284. The van der Waals surface area contributed by atoms with Crippen LogP contribution in [-0.2, 0) is 9.53 Å². The van der Waals surface area contributed by atoms with Gasteiger partial charge >= 0.3 is 5.97 Å². The molecule has 27 heavy (non-hydrogen) atoms. The fourth-order valence-electron chi connectivity index (χ4n) is 2.11. The monoisotopic (exact) mass is 371 g/mol. The number of carbonyl (C=O) groups excluding carboxylic acids is 2. The van der Waals surface area contributed by atoms with Crippen LogP contribution in [0.4, 0.5) is 10.1 Å². The molecule has 0 spiro atoms. The van der Waals surface area contributed by atoms with Crippen LogP contribution in [0.3, 0.4) is 0 Å². The zero-order valence-electron chi connectivity index (χ0n) is 14.5. The molecule has 2 rings (SSSR count). The number of methoxy groups -OCH3 is 1. The number of esters is 1. The lowest BCUT2D eigenvalue weighted by atomic mass is 10.0. The highest BCUT2D eigenvalue weighted by Crippen LogP contribution is 2.18. The number of ether oxygens (including phenoxy) is 2. The fourth-order valence-corrected chi connectivity index (χ4v) is 2.11. The Balaban J connectivity index is 2.21. The topological polar surface area (TPSA) is 114 Å². The van der Waals surface area contributed by atoms with Gasteiger partial charge in [-0.05, 0) is 36.4 Å². The first kappa shape index (κ1) is 19.6. The molecule has 2 aromatic carbocycles. The van der Waals surface area contributed by atoms with E-state index >= 15 is 0 Å². The summed E-state index contributed by atoms with van der Waals surface area (Å²) in [4.78, 5) is 23.8. The number of carbonyl (C=O) groups is 2. The van der Waals surface area contributed by atoms with E-state index in [4.69, 9.17) is 15.9 Å². The van der Waals surface area contributed by atoms with Gasteiger partial charge in [-0.2, -0.15) is 0 Å². The van der Waals surface area contributed by atoms with Gasteiger partial charge in [0.25, 0.3) is 0 Å². The highest BCUT2D eigenvalue weighted by molar-refractivity contribution is 6.21. The third-order valence-corrected chi connectivity index (χ3v) is 3.48. The Bertz CT molecular complexity index is 879. The summed E-state index contributed by atoms with van der Waals surface area (Å²) in [6, 6.07) is 11.5. The van der Waals surface area contributed by atoms with E-state index in [2.05, 4.69) is 10.1 Å². The molecule has 0 aromatic heterocycles. The third kappa shape index (κ3) is 5.40. The largest absolute Gasteiger partial charge is 0.482 e. The fraction of sp³-hybridized carbons (Fsp3) is 0.105. The van der Waals surface area contributed by atoms with Crippen molar-refractivity contribution in [3.8, 4) is 5.75 Å². The van der Waals surface area contributed by atoms with Crippen molar-refractivity contribution in [1.82, 2.24) is 0 Å². The van der Waals surface area contributed by atoms with E-state index in [-0.39, 0.29) is 23.6 Å². The first-order valence-corrected chi connectivity index (χ1v) is 7.81. The van der Waals surface area contributed by atoms with Gasteiger partial charge in [-0.3, -0.25) is 4.79 Å². The molecule has 0 radical (unpaired) electrons. The van der Waals surface area contributed by atoms with E-state index in [1.54, 1.807) is 12.1 Å². The van der Waals surface area contributed by atoms with E-state index in [1.165, 1.54) is 43.5 Å². The second-order valence-electron chi connectivity index (χ2n) is 5.33.